The predicted octanol–water partition coefficient (Wildman–Crippen LogP) is 3.05. The average Bonchev–Trinajstić information content (AvgIpc) is 2.93. The second kappa shape index (κ2) is 4.89. The van der Waals surface area contributed by atoms with Gasteiger partial charge >= 0.3 is 0 Å². The molecule has 2 heterocycles. The maximum absolute atomic E-state index is 9.23. The molecule has 0 bridgehead atoms. The SMILES string of the molecule is [N-]=[N+]=NC(CO)c1ccc2c(c1)OCc1ncsc1-2. The van der Waals surface area contributed by atoms with E-state index in [0.717, 1.165) is 27.4 Å². The van der Waals surface area contributed by atoms with E-state index in [-0.39, 0.29) is 6.61 Å². The monoisotopic (exact) mass is 274 g/mol. The quantitative estimate of drug-likeness (QED) is 0.529. The molecule has 1 aromatic heterocycles. The molecule has 2 aromatic rings. The largest absolute Gasteiger partial charge is 0.487 e. The molecule has 0 spiro atoms. The van der Waals surface area contributed by atoms with Gasteiger partial charge in [-0.25, -0.2) is 4.98 Å². The standard InChI is InChI=1S/C12H10N4O2S/c13-16-15-9(4-17)7-1-2-8-11(3-7)18-5-10-12(8)19-6-14-10/h1-3,6,9,17H,4-5H2. The van der Waals surface area contributed by atoms with Crippen molar-refractivity contribution >= 4 is 11.3 Å². The lowest BCUT2D eigenvalue weighted by atomic mass is 10.0. The number of rotatable bonds is 3. The van der Waals surface area contributed by atoms with Crippen LogP contribution in [0.3, 0.4) is 0 Å². The Bertz CT molecular complexity index is 663. The highest BCUT2D eigenvalue weighted by atomic mass is 32.1. The number of aliphatic hydroxyl groups is 1. The highest BCUT2D eigenvalue weighted by Gasteiger charge is 2.21. The van der Waals surface area contributed by atoms with Gasteiger partial charge in [-0.1, -0.05) is 11.2 Å². The van der Waals surface area contributed by atoms with E-state index in [4.69, 9.17) is 10.3 Å². The van der Waals surface area contributed by atoms with Gasteiger partial charge in [-0.2, -0.15) is 0 Å². The van der Waals surface area contributed by atoms with E-state index in [2.05, 4.69) is 15.0 Å². The van der Waals surface area contributed by atoms with Crippen molar-refractivity contribution in [2.24, 2.45) is 5.11 Å². The normalized spacial score (nSPS) is 13.7. The highest BCUT2D eigenvalue weighted by Crippen LogP contribution is 2.40. The molecule has 0 radical (unpaired) electrons. The second-order valence-corrected chi connectivity index (χ2v) is 4.93. The lowest BCUT2D eigenvalue weighted by Crippen LogP contribution is -2.06. The van der Waals surface area contributed by atoms with E-state index in [9.17, 15) is 5.11 Å². The van der Waals surface area contributed by atoms with Crippen molar-refractivity contribution in [1.29, 1.82) is 0 Å². The van der Waals surface area contributed by atoms with Crippen LogP contribution in [0.4, 0.5) is 0 Å². The molecule has 1 aromatic carbocycles. The Kier molecular flexibility index (Phi) is 3.08. The molecule has 1 atom stereocenters. The summed E-state index contributed by atoms with van der Waals surface area (Å²) in [4.78, 5) is 8.09. The van der Waals surface area contributed by atoms with Gasteiger partial charge in [-0.15, -0.1) is 11.3 Å². The highest BCUT2D eigenvalue weighted by molar-refractivity contribution is 7.13. The number of hydrogen-bond donors (Lipinski definition) is 1. The zero-order chi connectivity index (χ0) is 13.2. The Hall–Kier alpha value is -2.08. The summed E-state index contributed by atoms with van der Waals surface area (Å²) in [7, 11) is 0. The number of nitrogens with zero attached hydrogens (tertiary/aromatic N) is 4. The number of aromatic nitrogens is 1. The molecule has 0 saturated carbocycles. The summed E-state index contributed by atoms with van der Waals surface area (Å²) in [5.41, 5.74) is 13.0. The minimum absolute atomic E-state index is 0.228. The van der Waals surface area contributed by atoms with E-state index >= 15 is 0 Å². The Morgan fingerprint density at radius 1 is 1.58 bits per heavy atom. The van der Waals surface area contributed by atoms with Crippen LogP contribution < -0.4 is 4.74 Å². The molecule has 0 amide bonds. The third-order valence-electron chi connectivity index (χ3n) is 3.00. The van der Waals surface area contributed by atoms with Crippen LogP contribution in [-0.4, -0.2) is 16.7 Å². The molecule has 1 unspecified atom stereocenters. The molecule has 7 heteroatoms. The maximum Gasteiger partial charge on any atom is 0.132 e. The second-order valence-electron chi connectivity index (χ2n) is 4.08. The maximum atomic E-state index is 9.23. The van der Waals surface area contributed by atoms with Gasteiger partial charge in [0, 0.05) is 10.5 Å². The van der Waals surface area contributed by atoms with Crippen LogP contribution in [0.5, 0.6) is 5.75 Å². The first kappa shape index (κ1) is 12.0. The molecule has 0 fully saturated rings. The summed E-state index contributed by atoms with van der Waals surface area (Å²) in [6.45, 7) is 0.218. The minimum atomic E-state index is -0.582. The van der Waals surface area contributed by atoms with Gasteiger partial charge in [-0.05, 0) is 23.2 Å². The van der Waals surface area contributed by atoms with E-state index in [1.165, 1.54) is 0 Å². The van der Waals surface area contributed by atoms with Crippen LogP contribution in [0.25, 0.3) is 20.9 Å². The molecule has 0 saturated heterocycles. The Balaban J connectivity index is 2.04. The van der Waals surface area contributed by atoms with Gasteiger partial charge in [0.15, 0.2) is 0 Å². The van der Waals surface area contributed by atoms with Crippen LogP contribution in [0.1, 0.15) is 17.3 Å². The Morgan fingerprint density at radius 2 is 2.47 bits per heavy atom. The predicted molar refractivity (Wildman–Crippen MR) is 70.9 cm³/mol. The number of benzene rings is 1. The average molecular weight is 274 g/mol. The van der Waals surface area contributed by atoms with Crippen LogP contribution in [0, 0.1) is 0 Å². The van der Waals surface area contributed by atoms with Crippen molar-refractivity contribution in [3.63, 3.8) is 0 Å². The van der Waals surface area contributed by atoms with Crippen molar-refractivity contribution in [3.8, 4) is 16.2 Å². The van der Waals surface area contributed by atoms with Crippen molar-refractivity contribution in [3.05, 3.63) is 45.4 Å². The summed E-state index contributed by atoms with van der Waals surface area (Å²) in [5, 5.41) is 12.8. The van der Waals surface area contributed by atoms with Crippen molar-refractivity contribution < 1.29 is 9.84 Å². The van der Waals surface area contributed by atoms with E-state index in [1.807, 2.05) is 18.2 Å². The number of thiazole rings is 1. The Morgan fingerprint density at radius 3 is 3.26 bits per heavy atom. The van der Waals surface area contributed by atoms with Crippen LogP contribution in [-0.2, 0) is 6.61 Å². The molecule has 3 rings (SSSR count). The van der Waals surface area contributed by atoms with E-state index in [0.29, 0.717) is 6.61 Å². The number of hydrogen-bond acceptors (Lipinski definition) is 5. The summed E-state index contributed by atoms with van der Waals surface area (Å²) >= 11 is 1.58. The summed E-state index contributed by atoms with van der Waals surface area (Å²) in [6, 6.07) is 4.98. The summed E-state index contributed by atoms with van der Waals surface area (Å²) in [5.74, 6) is 0.737. The lowest BCUT2D eigenvalue weighted by Gasteiger charge is -2.18. The van der Waals surface area contributed by atoms with Gasteiger partial charge < -0.3 is 9.84 Å². The van der Waals surface area contributed by atoms with Crippen molar-refractivity contribution in [1.82, 2.24) is 4.98 Å². The van der Waals surface area contributed by atoms with Crippen LogP contribution in [0.15, 0.2) is 28.8 Å². The van der Waals surface area contributed by atoms with Crippen molar-refractivity contribution in [2.45, 2.75) is 12.6 Å². The molecule has 1 aliphatic rings. The third-order valence-corrected chi connectivity index (χ3v) is 3.91. The smallest absolute Gasteiger partial charge is 0.132 e. The number of fused-ring (bicyclic) bond motifs is 3. The molecule has 6 nitrogen and oxygen atoms in total. The number of ether oxygens (including phenoxy) is 1. The fourth-order valence-electron chi connectivity index (χ4n) is 2.06. The molecule has 96 valence electrons. The van der Waals surface area contributed by atoms with Gasteiger partial charge in [0.05, 0.1) is 28.7 Å². The molecule has 19 heavy (non-hydrogen) atoms. The molecular formula is C12H10N4O2S. The summed E-state index contributed by atoms with van der Waals surface area (Å²) < 4.78 is 5.65. The molecular weight excluding hydrogens is 264 g/mol. The first-order chi connectivity index (χ1) is 9.33. The van der Waals surface area contributed by atoms with E-state index in [1.54, 1.807) is 16.8 Å². The fourth-order valence-corrected chi connectivity index (χ4v) is 2.89. The van der Waals surface area contributed by atoms with Gasteiger partial charge in [-0.3, -0.25) is 0 Å². The zero-order valence-corrected chi connectivity index (χ0v) is 10.7. The third kappa shape index (κ3) is 2.04. The molecule has 1 N–H and O–H groups in total. The van der Waals surface area contributed by atoms with Gasteiger partial charge in [0.1, 0.15) is 12.4 Å². The zero-order valence-electron chi connectivity index (χ0n) is 9.85. The van der Waals surface area contributed by atoms with E-state index < -0.39 is 6.04 Å². The van der Waals surface area contributed by atoms with Crippen molar-refractivity contribution in [2.75, 3.05) is 6.61 Å². The minimum Gasteiger partial charge on any atom is -0.487 e. The first-order valence-corrected chi connectivity index (χ1v) is 6.56. The molecule has 1 aliphatic heterocycles. The Labute approximate surface area is 112 Å². The lowest BCUT2D eigenvalue weighted by molar-refractivity contribution is 0.266. The topological polar surface area (TPSA) is 91.1 Å². The van der Waals surface area contributed by atoms with Gasteiger partial charge in [0.2, 0.25) is 0 Å². The first-order valence-electron chi connectivity index (χ1n) is 5.68. The fraction of sp³-hybridized carbons (Fsp3) is 0.250. The van der Waals surface area contributed by atoms with Crippen LogP contribution in [0.2, 0.25) is 0 Å². The van der Waals surface area contributed by atoms with Crippen LogP contribution >= 0.6 is 11.3 Å². The number of aliphatic hydroxyl groups excluding tert-OH is 1. The summed E-state index contributed by atoms with van der Waals surface area (Å²) in [6.07, 6.45) is 0. The molecule has 0 aliphatic carbocycles. The number of azide groups is 1. The van der Waals surface area contributed by atoms with Gasteiger partial charge in [0.25, 0.3) is 0 Å².